The molecule has 5 nitrogen and oxygen atoms in total. The van der Waals surface area contributed by atoms with Crippen molar-refractivity contribution in [2.45, 2.75) is 25.9 Å². The van der Waals surface area contributed by atoms with Gasteiger partial charge < -0.3 is 15.2 Å². The number of hydrogen-bond donors (Lipinski definition) is 2. The Morgan fingerprint density at radius 3 is 2.94 bits per heavy atom. The summed E-state index contributed by atoms with van der Waals surface area (Å²) in [5.41, 5.74) is 0. The van der Waals surface area contributed by atoms with E-state index in [1.165, 1.54) is 0 Å². The number of nitrogens with one attached hydrogen (secondary N) is 1. The number of aryl methyl sites for hydroxylation is 1. The Hall–Kier alpha value is -0.720. The Balaban J connectivity index is 2.43. The molecule has 6 heteroatoms. The van der Waals surface area contributed by atoms with Crippen LogP contribution in [0.4, 0.5) is 5.82 Å². The summed E-state index contributed by atoms with van der Waals surface area (Å²) in [7, 11) is 1.58. The number of ether oxygens (including phenoxy) is 1. The van der Waals surface area contributed by atoms with Crippen LogP contribution in [0.1, 0.15) is 19.2 Å². The molecule has 1 aromatic heterocycles. The molecule has 1 aromatic rings. The van der Waals surface area contributed by atoms with Crippen LogP contribution in [-0.4, -0.2) is 41.4 Å². The molecule has 0 aliphatic carbocycles. The van der Waals surface area contributed by atoms with Crippen molar-refractivity contribution in [1.29, 1.82) is 0 Å². The summed E-state index contributed by atoms with van der Waals surface area (Å²) in [5.74, 6) is 1.56. The minimum Gasteiger partial charge on any atom is -0.391 e. The van der Waals surface area contributed by atoms with Crippen molar-refractivity contribution in [3.05, 3.63) is 16.5 Å². The van der Waals surface area contributed by atoms with E-state index >= 15 is 0 Å². The quantitative estimate of drug-likeness (QED) is 0.749. The minimum absolute atomic E-state index is 0.357. The fourth-order valence-electron chi connectivity index (χ4n) is 1.36. The lowest BCUT2D eigenvalue weighted by Gasteiger charge is -2.11. The third-order valence-electron chi connectivity index (χ3n) is 2.20. The van der Waals surface area contributed by atoms with E-state index in [1.807, 2.05) is 13.0 Å². The lowest BCUT2D eigenvalue weighted by Crippen LogP contribution is -2.18. The number of methoxy groups -OCH3 is 1. The van der Waals surface area contributed by atoms with Crippen LogP contribution < -0.4 is 5.32 Å². The first-order valence-electron chi connectivity index (χ1n) is 5.60. The highest BCUT2D eigenvalue weighted by Gasteiger charge is 2.04. The monoisotopic (exact) mass is 303 g/mol. The number of aliphatic hydroxyl groups excluding tert-OH is 1. The maximum Gasteiger partial charge on any atom is 0.131 e. The first-order valence-corrected chi connectivity index (χ1v) is 6.39. The van der Waals surface area contributed by atoms with E-state index in [1.54, 1.807) is 7.11 Å². The predicted octanol–water partition coefficient (Wildman–Crippen LogP) is 1.61. The first-order chi connectivity index (χ1) is 8.15. The van der Waals surface area contributed by atoms with E-state index in [0.29, 0.717) is 19.6 Å². The van der Waals surface area contributed by atoms with Crippen LogP contribution in [0, 0.1) is 0 Å². The highest BCUT2D eigenvalue weighted by atomic mass is 79.9. The molecule has 96 valence electrons. The molecule has 0 fully saturated rings. The van der Waals surface area contributed by atoms with Gasteiger partial charge in [-0.25, -0.2) is 9.97 Å². The van der Waals surface area contributed by atoms with Crippen molar-refractivity contribution in [3.63, 3.8) is 0 Å². The summed E-state index contributed by atoms with van der Waals surface area (Å²) < 4.78 is 5.62. The highest BCUT2D eigenvalue weighted by molar-refractivity contribution is 9.10. The fraction of sp³-hybridized carbons (Fsp3) is 0.636. The molecule has 1 atom stereocenters. The fourth-order valence-corrected chi connectivity index (χ4v) is 1.78. The largest absolute Gasteiger partial charge is 0.391 e. The summed E-state index contributed by atoms with van der Waals surface area (Å²) in [5, 5.41) is 12.6. The van der Waals surface area contributed by atoms with Crippen molar-refractivity contribution >= 4 is 21.7 Å². The number of aliphatic hydroxyl groups is 1. The van der Waals surface area contributed by atoms with Crippen molar-refractivity contribution < 1.29 is 9.84 Å². The summed E-state index contributed by atoms with van der Waals surface area (Å²) in [6, 6.07) is 1.82. The van der Waals surface area contributed by atoms with Crippen LogP contribution >= 0.6 is 15.9 Å². The lowest BCUT2D eigenvalue weighted by molar-refractivity contribution is 0.0615. The summed E-state index contributed by atoms with van der Waals surface area (Å²) >= 11 is 3.34. The molecule has 0 amide bonds. The topological polar surface area (TPSA) is 67.3 Å². The number of halogens is 1. The van der Waals surface area contributed by atoms with E-state index in [-0.39, 0.29) is 0 Å². The molecule has 0 bridgehead atoms. The number of rotatable bonds is 7. The average molecular weight is 304 g/mol. The van der Waals surface area contributed by atoms with Gasteiger partial charge in [-0.15, -0.1) is 0 Å². The minimum atomic E-state index is -0.441. The Bertz CT molecular complexity index is 349. The van der Waals surface area contributed by atoms with Gasteiger partial charge in [-0.3, -0.25) is 0 Å². The molecule has 0 aromatic carbocycles. The average Bonchev–Trinajstić information content (AvgIpc) is 2.28. The standard InChI is InChI=1S/C11H18BrN3O2/c1-3-10-14-9(12)6-11(15-10)13-5-4-8(16)7-17-2/h6,8,16H,3-5,7H2,1-2H3,(H,13,14,15). The zero-order valence-electron chi connectivity index (χ0n) is 10.1. The summed E-state index contributed by atoms with van der Waals surface area (Å²) in [6.45, 7) is 3.01. The zero-order chi connectivity index (χ0) is 12.7. The Kier molecular flexibility index (Phi) is 6.39. The third kappa shape index (κ3) is 5.43. The molecule has 17 heavy (non-hydrogen) atoms. The number of hydrogen-bond acceptors (Lipinski definition) is 5. The Labute approximate surface area is 110 Å². The predicted molar refractivity (Wildman–Crippen MR) is 70.1 cm³/mol. The molecule has 0 saturated carbocycles. The second kappa shape index (κ2) is 7.58. The van der Waals surface area contributed by atoms with Crippen molar-refractivity contribution in [3.8, 4) is 0 Å². The Morgan fingerprint density at radius 2 is 2.29 bits per heavy atom. The number of anilines is 1. The van der Waals surface area contributed by atoms with Gasteiger partial charge in [0, 0.05) is 26.1 Å². The second-order valence-corrected chi connectivity index (χ2v) is 4.48. The van der Waals surface area contributed by atoms with Gasteiger partial charge in [0.1, 0.15) is 16.2 Å². The van der Waals surface area contributed by atoms with E-state index in [0.717, 1.165) is 22.7 Å². The molecule has 1 rings (SSSR count). The second-order valence-electron chi connectivity index (χ2n) is 3.67. The van der Waals surface area contributed by atoms with Crippen LogP contribution in [-0.2, 0) is 11.2 Å². The van der Waals surface area contributed by atoms with E-state index in [4.69, 9.17) is 4.74 Å². The van der Waals surface area contributed by atoms with Crippen LogP contribution in [0.3, 0.4) is 0 Å². The van der Waals surface area contributed by atoms with Gasteiger partial charge in [-0.05, 0) is 22.4 Å². The molecular formula is C11H18BrN3O2. The van der Waals surface area contributed by atoms with E-state index < -0.39 is 6.10 Å². The van der Waals surface area contributed by atoms with Crippen LogP contribution in [0.15, 0.2) is 10.7 Å². The molecule has 0 spiro atoms. The summed E-state index contributed by atoms with van der Waals surface area (Å²) in [4.78, 5) is 8.55. The van der Waals surface area contributed by atoms with Crippen LogP contribution in [0.5, 0.6) is 0 Å². The zero-order valence-corrected chi connectivity index (χ0v) is 11.7. The molecular weight excluding hydrogens is 286 g/mol. The summed E-state index contributed by atoms with van der Waals surface area (Å²) in [6.07, 6.45) is 0.973. The van der Waals surface area contributed by atoms with E-state index in [2.05, 4.69) is 31.2 Å². The molecule has 0 aliphatic heterocycles. The molecule has 1 heterocycles. The van der Waals surface area contributed by atoms with Crippen molar-refractivity contribution in [1.82, 2.24) is 9.97 Å². The number of aromatic nitrogens is 2. The first kappa shape index (κ1) is 14.3. The van der Waals surface area contributed by atoms with Crippen molar-refractivity contribution in [2.24, 2.45) is 0 Å². The Morgan fingerprint density at radius 1 is 1.53 bits per heavy atom. The van der Waals surface area contributed by atoms with Gasteiger partial charge >= 0.3 is 0 Å². The van der Waals surface area contributed by atoms with Gasteiger partial charge in [-0.2, -0.15) is 0 Å². The molecule has 1 unspecified atom stereocenters. The van der Waals surface area contributed by atoms with Gasteiger partial charge in [-0.1, -0.05) is 6.92 Å². The lowest BCUT2D eigenvalue weighted by atomic mass is 10.2. The molecule has 0 saturated heterocycles. The van der Waals surface area contributed by atoms with E-state index in [9.17, 15) is 5.11 Å². The SMILES string of the molecule is CCc1nc(Br)cc(NCCC(O)COC)n1. The van der Waals surface area contributed by atoms with Gasteiger partial charge in [0.25, 0.3) is 0 Å². The molecule has 0 aliphatic rings. The highest BCUT2D eigenvalue weighted by Crippen LogP contribution is 2.12. The van der Waals surface area contributed by atoms with Gasteiger partial charge in [0.05, 0.1) is 12.7 Å². The molecule has 0 radical (unpaired) electrons. The normalized spacial score (nSPS) is 12.5. The third-order valence-corrected chi connectivity index (χ3v) is 2.61. The van der Waals surface area contributed by atoms with Crippen molar-refractivity contribution in [2.75, 3.05) is 25.6 Å². The maximum atomic E-state index is 9.48. The number of nitrogens with zero attached hydrogens (tertiary/aromatic N) is 2. The smallest absolute Gasteiger partial charge is 0.131 e. The van der Waals surface area contributed by atoms with Gasteiger partial charge in [0.2, 0.25) is 0 Å². The van der Waals surface area contributed by atoms with Crippen LogP contribution in [0.2, 0.25) is 0 Å². The molecule has 2 N–H and O–H groups in total. The van der Waals surface area contributed by atoms with Gasteiger partial charge in [0.15, 0.2) is 0 Å². The van der Waals surface area contributed by atoms with Crippen LogP contribution in [0.25, 0.3) is 0 Å². The maximum absolute atomic E-state index is 9.48.